The molecule has 1 aliphatic carbocycles. The van der Waals surface area contributed by atoms with Gasteiger partial charge in [0.05, 0.1) is 5.52 Å². The van der Waals surface area contributed by atoms with Gasteiger partial charge in [-0.2, -0.15) is 5.10 Å². The lowest BCUT2D eigenvalue weighted by Crippen LogP contribution is -2.47. The first-order valence-corrected chi connectivity index (χ1v) is 15.1. The summed E-state index contributed by atoms with van der Waals surface area (Å²) in [5.74, 6) is 0.165. The van der Waals surface area contributed by atoms with Gasteiger partial charge >= 0.3 is 0 Å². The van der Waals surface area contributed by atoms with Crippen molar-refractivity contribution >= 4 is 34.2 Å². The first kappa shape index (κ1) is 29.2. The van der Waals surface area contributed by atoms with Crippen molar-refractivity contribution in [1.29, 1.82) is 0 Å². The molecule has 12 heteroatoms. The second-order valence-electron chi connectivity index (χ2n) is 12.4. The standard InChI is InChI=1S/C34H32N8O4/c1-19-12-22(23-16-36-21(3)37-17-23)13-24-30(20(2)43)39-41(31(19)24)18-29(44)42-26(14-34(4)15-27(34)42)32(45)38-25-8-7-11-40(33(25)46)28-9-5-6-10-35-28/h5-13,16-17,26-27H,14-15,18H2,1-4H3,(H,38,45)/t26-,27?,34-/m0/s1. The highest BCUT2D eigenvalue weighted by molar-refractivity contribution is 6.07. The number of Topliss-reactive ketones (excluding diaryl/α,β-unsaturated/α-hetero) is 1. The molecule has 0 radical (unpaired) electrons. The third-order valence-electron chi connectivity index (χ3n) is 9.09. The zero-order chi connectivity index (χ0) is 32.3. The molecule has 7 rings (SSSR count). The summed E-state index contributed by atoms with van der Waals surface area (Å²) in [5.41, 5.74) is 2.92. The zero-order valence-corrected chi connectivity index (χ0v) is 25.9. The Morgan fingerprint density at radius 2 is 1.78 bits per heavy atom. The van der Waals surface area contributed by atoms with E-state index in [9.17, 15) is 19.2 Å². The molecule has 1 unspecified atom stereocenters. The third-order valence-corrected chi connectivity index (χ3v) is 9.09. The lowest BCUT2D eigenvalue weighted by Gasteiger charge is -2.27. The second-order valence-corrected chi connectivity index (χ2v) is 12.4. The second kappa shape index (κ2) is 10.8. The van der Waals surface area contributed by atoms with Crippen molar-refractivity contribution in [3.63, 3.8) is 0 Å². The molecule has 1 aromatic carbocycles. The average molecular weight is 617 g/mol. The number of fused-ring (bicyclic) bond motifs is 2. The van der Waals surface area contributed by atoms with Gasteiger partial charge in [-0.25, -0.2) is 15.0 Å². The quantitative estimate of drug-likeness (QED) is 0.271. The maximum absolute atomic E-state index is 14.0. The number of hydrogen-bond donors (Lipinski definition) is 1. The highest BCUT2D eigenvalue weighted by atomic mass is 16.2. The van der Waals surface area contributed by atoms with Crippen LogP contribution in [0.4, 0.5) is 5.69 Å². The summed E-state index contributed by atoms with van der Waals surface area (Å²) in [6.07, 6.45) is 7.92. The number of ketones is 1. The predicted octanol–water partition coefficient (Wildman–Crippen LogP) is 3.88. The van der Waals surface area contributed by atoms with Gasteiger partial charge in [0, 0.05) is 48.7 Å². The number of anilines is 1. The number of carbonyl (C=O) groups excluding carboxylic acids is 3. The number of piperidine rings is 1. The Hall–Kier alpha value is -5.52. The molecular weight excluding hydrogens is 584 g/mol. The van der Waals surface area contributed by atoms with Crippen molar-refractivity contribution in [2.75, 3.05) is 5.32 Å². The van der Waals surface area contributed by atoms with E-state index in [0.29, 0.717) is 29.0 Å². The van der Waals surface area contributed by atoms with Crippen LogP contribution >= 0.6 is 0 Å². The molecule has 2 aliphatic rings. The Labute approximate surface area is 264 Å². The molecule has 3 atom stereocenters. The zero-order valence-electron chi connectivity index (χ0n) is 25.9. The molecule has 1 aliphatic heterocycles. The van der Waals surface area contributed by atoms with E-state index >= 15 is 0 Å². The smallest absolute Gasteiger partial charge is 0.280 e. The van der Waals surface area contributed by atoms with E-state index in [4.69, 9.17) is 0 Å². The van der Waals surface area contributed by atoms with E-state index in [1.165, 1.54) is 11.5 Å². The molecule has 0 bridgehead atoms. The molecule has 0 spiro atoms. The highest BCUT2D eigenvalue weighted by Gasteiger charge is 2.64. The monoisotopic (exact) mass is 616 g/mol. The Bertz CT molecular complexity index is 2100. The van der Waals surface area contributed by atoms with Crippen LogP contribution in [0.2, 0.25) is 0 Å². The molecule has 46 heavy (non-hydrogen) atoms. The molecule has 5 aromatic rings. The molecule has 4 aromatic heterocycles. The summed E-state index contributed by atoms with van der Waals surface area (Å²) >= 11 is 0. The molecule has 2 fully saturated rings. The van der Waals surface area contributed by atoms with Crippen LogP contribution in [0.3, 0.4) is 0 Å². The lowest BCUT2D eigenvalue weighted by molar-refractivity contribution is -0.138. The van der Waals surface area contributed by atoms with Gasteiger partial charge in [0.15, 0.2) is 5.78 Å². The largest absolute Gasteiger partial charge is 0.325 e. The summed E-state index contributed by atoms with van der Waals surface area (Å²) < 4.78 is 2.93. The molecule has 1 saturated heterocycles. The number of hydrogen-bond acceptors (Lipinski definition) is 8. The minimum Gasteiger partial charge on any atom is -0.325 e. The van der Waals surface area contributed by atoms with Gasteiger partial charge in [-0.1, -0.05) is 13.0 Å². The van der Waals surface area contributed by atoms with Gasteiger partial charge in [-0.15, -0.1) is 0 Å². The summed E-state index contributed by atoms with van der Waals surface area (Å²) in [7, 11) is 0. The van der Waals surface area contributed by atoms with Gasteiger partial charge in [0.25, 0.3) is 5.56 Å². The van der Waals surface area contributed by atoms with Gasteiger partial charge in [-0.3, -0.25) is 28.4 Å². The van der Waals surface area contributed by atoms with E-state index in [-0.39, 0.29) is 41.1 Å². The normalized spacial score (nSPS) is 20.0. The van der Waals surface area contributed by atoms with Crippen LogP contribution < -0.4 is 10.9 Å². The van der Waals surface area contributed by atoms with Gasteiger partial charge in [0.1, 0.15) is 35.6 Å². The van der Waals surface area contributed by atoms with Crippen LogP contribution in [0.15, 0.2) is 72.0 Å². The maximum atomic E-state index is 14.0. The fourth-order valence-corrected chi connectivity index (χ4v) is 6.66. The van der Waals surface area contributed by atoms with Crippen molar-refractivity contribution in [1.82, 2.24) is 34.2 Å². The highest BCUT2D eigenvalue weighted by Crippen LogP contribution is 2.59. The average Bonchev–Trinajstić information content (AvgIpc) is 3.39. The number of nitrogens with zero attached hydrogens (tertiary/aromatic N) is 7. The number of pyridine rings is 2. The summed E-state index contributed by atoms with van der Waals surface area (Å²) in [6, 6.07) is 11.4. The topological polar surface area (TPSA) is 145 Å². The van der Waals surface area contributed by atoms with Crippen molar-refractivity contribution in [3.05, 3.63) is 94.7 Å². The van der Waals surface area contributed by atoms with Crippen LogP contribution in [-0.2, 0) is 16.1 Å². The Morgan fingerprint density at radius 1 is 1.00 bits per heavy atom. The van der Waals surface area contributed by atoms with E-state index in [1.54, 1.807) is 64.7 Å². The minimum atomic E-state index is -0.762. The molecule has 1 saturated carbocycles. The molecule has 2 amide bonds. The first-order chi connectivity index (χ1) is 22.0. The van der Waals surface area contributed by atoms with Gasteiger partial charge in [-0.05, 0) is 79.6 Å². The Morgan fingerprint density at radius 3 is 2.50 bits per heavy atom. The van der Waals surface area contributed by atoms with Crippen LogP contribution in [0, 0.1) is 19.3 Å². The van der Waals surface area contributed by atoms with Crippen LogP contribution in [0.1, 0.15) is 48.6 Å². The minimum absolute atomic E-state index is 0.0972. The van der Waals surface area contributed by atoms with Crippen molar-refractivity contribution in [2.24, 2.45) is 5.41 Å². The van der Waals surface area contributed by atoms with Crippen molar-refractivity contribution in [3.8, 4) is 16.9 Å². The summed E-state index contributed by atoms with van der Waals surface area (Å²) in [6.45, 7) is 7.10. The number of rotatable bonds is 7. The van der Waals surface area contributed by atoms with Gasteiger partial charge in [0.2, 0.25) is 11.8 Å². The van der Waals surface area contributed by atoms with Crippen LogP contribution in [-0.4, -0.2) is 63.9 Å². The van der Waals surface area contributed by atoms with E-state index < -0.39 is 17.5 Å². The maximum Gasteiger partial charge on any atom is 0.280 e. The number of amides is 2. The van der Waals surface area contributed by atoms with E-state index in [0.717, 1.165) is 23.1 Å². The van der Waals surface area contributed by atoms with Crippen LogP contribution in [0.25, 0.3) is 27.8 Å². The number of aromatic nitrogens is 6. The van der Waals surface area contributed by atoms with Gasteiger partial charge < -0.3 is 10.2 Å². The number of aryl methyl sites for hydroxylation is 2. The fourth-order valence-electron chi connectivity index (χ4n) is 6.66. The lowest BCUT2D eigenvalue weighted by atomic mass is 10.0. The number of carbonyl (C=O) groups is 3. The molecule has 1 N–H and O–H groups in total. The molecule has 5 heterocycles. The summed E-state index contributed by atoms with van der Waals surface area (Å²) in [4.78, 5) is 68.1. The molecule has 232 valence electrons. The predicted molar refractivity (Wildman–Crippen MR) is 170 cm³/mol. The van der Waals surface area contributed by atoms with Crippen molar-refractivity contribution < 1.29 is 14.4 Å². The fraction of sp³-hybridized carbons (Fsp3) is 0.294. The Balaban J connectivity index is 1.18. The summed E-state index contributed by atoms with van der Waals surface area (Å²) in [5, 5.41) is 8.01. The van der Waals surface area contributed by atoms with E-state index in [1.807, 2.05) is 26.0 Å². The Kier molecular flexibility index (Phi) is 6.87. The molecule has 12 nitrogen and oxygen atoms in total. The van der Waals surface area contributed by atoms with Crippen LogP contribution in [0.5, 0.6) is 0 Å². The third kappa shape index (κ3) is 4.95. The van der Waals surface area contributed by atoms with E-state index in [2.05, 4.69) is 32.3 Å². The molecular formula is C34H32N8O4. The van der Waals surface area contributed by atoms with Crippen molar-refractivity contribution in [2.45, 2.75) is 59.2 Å². The SMILES string of the molecule is CC(=O)c1nn(CC(=O)N2C3C[C@]3(C)C[C@H]2C(=O)Nc2cccn(-c3ccccn3)c2=O)c2c(C)cc(-c3cnc(C)nc3)cc12. The number of likely N-dealkylation sites (tertiary alicyclic amines) is 1. The number of nitrogens with one attached hydrogen (secondary N) is 1. The first-order valence-electron chi connectivity index (χ1n) is 15.1. The number of benzene rings is 1.